The third-order valence-corrected chi connectivity index (χ3v) is 3.36. The minimum atomic E-state index is -0.445. The molecule has 1 atom stereocenters. The van der Waals surface area contributed by atoms with Crippen LogP contribution in [0.25, 0.3) is 0 Å². The Bertz CT molecular complexity index is 493. The topological polar surface area (TPSA) is 62.7 Å². The number of carbonyl (C=O) groups is 1. The number of aromatic nitrogens is 1. The zero-order chi connectivity index (χ0) is 14.7. The molecule has 110 valence electrons. The van der Waals surface area contributed by atoms with E-state index in [1.807, 2.05) is 13.8 Å². The Balaban J connectivity index is 2.12. The number of aliphatic hydroxyl groups is 1. The minimum absolute atomic E-state index is 0.0289. The Morgan fingerprint density at radius 3 is 2.95 bits per heavy atom. The van der Waals surface area contributed by atoms with Crippen LogP contribution in [0.15, 0.2) is 12.3 Å². The van der Waals surface area contributed by atoms with Crippen LogP contribution in [0.1, 0.15) is 37.0 Å². The molecule has 5 nitrogen and oxygen atoms in total. The van der Waals surface area contributed by atoms with Crippen molar-refractivity contribution in [1.82, 2.24) is 9.88 Å². The molecule has 0 bridgehead atoms. The van der Waals surface area contributed by atoms with E-state index in [0.717, 1.165) is 12.8 Å². The summed E-state index contributed by atoms with van der Waals surface area (Å²) in [6, 6.07) is 1.57. The van der Waals surface area contributed by atoms with Crippen LogP contribution >= 0.6 is 11.6 Å². The molecule has 0 radical (unpaired) electrons. The van der Waals surface area contributed by atoms with E-state index in [9.17, 15) is 9.90 Å². The van der Waals surface area contributed by atoms with Gasteiger partial charge in [0.1, 0.15) is 5.02 Å². The number of rotatable bonds is 3. The van der Waals surface area contributed by atoms with Gasteiger partial charge in [-0.1, -0.05) is 11.6 Å². The van der Waals surface area contributed by atoms with Gasteiger partial charge < -0.3 is 14.7 Å². The molecule has 0 aliphatic carbocycles. The number of ether oxygens (including phenoxy) is 1. The molecule has 1 fully saturated rings. The monoisotopic (exact) mass is 298 g/mol. The van der Waals surface area contributed by atoms with Crippen molar-refractivity contribution >= 4 is 17.5 Å². The molecule has 1 aliphatic rings. The molecule has 2 rings (SSSR count). The molecule has 0 spiro atoms. The van der Waals surface area contributed by atoms with Crippen LogP contribution in [0.3, 0.4) is 0 Å². The molecule has 20 heavy (non-hydrogen) atoms. The fourth-order valence-electron chi connectivity index (χ4n) is 2.17. The molecule has 1 aromatic heterocycles. The van der Waals surface area contributed by atoms with E-state index in [1.54, 1.807) is 11.0 Å². The van der Waals surface area contributed by atoms with Gasteiger partial charge in [-0.05, 0) is 32.8 Å². The van der Waals surface area contributed by atoms with Crippen molar-refractivity contribution in [2.75, 3.05) is 13.1 Å². The van der Waals surface area contributed by atoms with Gasteiger partial charge in [0.25, 0.3) is 5.91 Å². The van der Waals surface area contributed by atoms with Gasteiger partial charge in [0, 0.05) is 19.3 Å². The Labute approximate surface area is 123 Å². The van der Waals surface area contributed by atoms with E-state index in [-0.39, 0.29) is 12.0 Å². The van der Waals surface area contributed by atoms with E-state index in [0.29, 0.717) is 29.6 Å². The van der Waals surface area contributed by atoms with Crippen LogP contribution < -0.4 is 4.74 Å². The second-order valence-electron chi connectivity index (χ2n) is 5.22. The maximum absolute atomic E-state index is 12.3. The van der Waals surface area contributed by atoms with Gasteiger partial charge in [-0.25, -0.2) is 4.98 Å². The van der Waals surface area contributed by atoms with E-state index >= 15 is 0 Å². The van der Waals surface area contributed by atoms with Crippen molar-refractivity contribution in [1.29, 1.82) is 0 Å². The molecule has 1 N–H and O–H groups in total. The smallest absolute Gasteiger partial charge is 0.255 e. The highest BCUT2D eigenvalue weighted by molar-refractivity contribution is 6.32. The van der Waals surface area contributed by atoms with Crippen LogP contribution in [-0.4, -0.2) is 46.2 Å². The summed E-state index contributed by atoms with van der Waals surface area (Å²) in [5.41, 5.74) is 0.417. The van der Waals surface area contributed by atoms with E-state index in [4.69, 9.17) is 16.3 Å². The molecule has 1 amide bonds. The largest absolute Gasteiger partial charge is 0.474 e. The van der Waals surface area contributed by atoms with Gasteiger partial charge in [-0.2, -0.15) is 0 Å². The Morgan fingerprint density at radius 2 is 2.35 bits per heavy atom. The Kier molecular flexibility index (Phi) is 4.83. The number of carbonyl (C=O) groups excluding carboxylic acids is 1. The molecular formula is C14H19ClN2O3. The number of likely N-dealkylation sites (tertiary alicyclic amines) is 1. The predicted molar refractivity (Wildman–Crippen MR) is 76.2 cm³/mol. The average molecular weight is 299 g/mol. The number of halogens is 1. The van der Waals surface area contributed by atoms with Crippen molar-refractivity contribution in [3.63, 3.8) is 0 Å². The second-order valence-corrected chi connectivity index (χ2v) is 5.63. The van der Waals surface area contributed by atoms with Crippen LogP contribution in [-0.2, 0) is 0 Å². The summed E-state index contributed by atoms with van der Waals surface area (Å²) in [6.07, 6.45) is 2.54. The summed E-state index contributed by atoms with van der Waals surface area (Å²) in [6.45, 7) is 4.77. The van der Waals surface area contributed by atoms with Crippen LogP contribution in [0.4, 0.5) is 0 Å². The number of nitrogens with zero attached hydrogens (tertiary/aromatic N) is 2. The van der Waals surface area contributed by atoms with Gasteiger partial charge in [0.15, 0.2) is 0 Å². The Morgan fingerprint density at radius 1 is 1.60 bits per heavy atom. The highest BCUT2D eigenvalue weighted by atomic mass is 35.5. The fraction of sp³-hybridized carbons (Fsp3) is 0.571. The zero-order valence-electron chi connectivity index (χ0n) is 11.7. The molecule has 0 saturated carbocycles. The number of pyridine rings is 1. The maximum atomic E-state index is 12.3. The lowest BCUT2D eigenvalue weighted by molar-refractivity contribution is 0.0473. The van der Waals surface area contributed by atoms with Gasteiger partial charge >= 0.3 is 0 Å². The minimum Gasteiger partial charge on any atom is -0.474 e. The van der Waals surface area contributed by atoms with E-state index < -0.39 is 6.10 Å². The first-order valence-electron chi connectivity index (χ1n) is 6.77. The quantitative estimate of drug-likeness (QED) is 0.928. The number of β-amino-alcohol motifs (C(OH)–C–C–N with tert-alkyl or cyclic N) is 1. The summed E-state index contributed by atoms with van der Waals surface area (Å²) in [5, 5.41) is 9.94. The Hall–Kier alpha value is -1.33. The number of hydrogen-bond acceptors (Lipinski definition) is 4. The average Bonchev–Trinajstić information content (AvgIpc) is 2.40. The number of hydrogen-bond donors (Lipinski definition) is 1. The molecule has 0 aromatic carbocycles. The van der Waals surface area contributed by atoms with Gasteiger partial charge in [-0.3, -0.25) is 4.79 Å². The lowest BCUT2D eigenvalue weighted by atomic mass is 10.1. The van der Waals surface area contributed by atoms with Crippen molar-refractivity contribution in [3.8, 4) is 5.88 Å². The van der Waals surface area contributed by atoms with Gasteiger partial charge in [0.2, 0.25) is 5.88 Å². The number of amides is 1. The van der Waals surface area contributed by atoms with Gasteiger partial charge in [-0.15, -0.1) is 0 Å². The second kappa shape index (κ2) is 6.41. The first-order valence-corrected chi connectivity index (χ1v) is 7.14. The number of piperidine rings is 1. The molecule has 1 unspecified atom stereocenters. The van der Waals surface area contributed by atoms with Crippen LogP contribution in [0, 0.1) is 0 Å². The lowest BCUT2D eigenvalue weighted by Crippen LogP contribution is -2.42. The third-order valence-electron chi connectivity index (χ3n) is 3.09. The SMILES string of the molecule is CC(C)Oc1ncc(C(=O)N2CCCC(O)C2)cc1Cl. The molecule has 2 heterocycles. The third kappa shape index (κ3) is 3.61. The standard InChI is InChI=1S/C14H19ClN2O3/c1-9(2)20-13-12(15)6-10(7-16-13)14(19)17-5-3-4-11(18)8-17/h6-7,9,11,18H,3-5,8H2,1-2H3. The summed E-state index contributed by atoms with van der Waals surface area (Å²) in [7, 11) is 0. The fourth-order valence-corrected chi connectivity index (χ4v) is 2.38. The molecule has 6 heteroatoms. The van der Waals surface area contributed by atoms with Crippen molar-refractivity contribution in [2.24, 2.45) is 0 Å². The van der Waals surface area contributed by atoms with Crippen molar-refractivity contribution in [2.45, 2.75) is 38.9 Å². The zero-order valence-corrected chi connectivity index (χ0v) is 12.4. The summed E-state index contributed by atoms with van der Waals surface area (Å²) < 4.78 is 5.43. The summed E-state index contributed by atoms with van der Waals surface area (Å²) >= 11 is 6.08. The lowest BCUT2D eigenvalue weighted by Gasteiger charge is -2.30. The van der Waals surface area contributed by atoms with E-state index in [2.05, 4.69) is 4.98 Å². The predicted octanol–water partition coefficient (Wildman–Crippen LogP) is 2.12. The molecule has 1 aliphatic heterocycles. The maximum Gasteiger partial charge on any atom is 0.255 e. The molecule has 1 aromatic rings. The highest BCUT2D eigenvalue weighted by Gasteiger charge is 2.24. The summed E-state index contributed by atoms with van der Waals surface area (Å²) in [4.78, 5) is 18.0. The number of aliphatic hydroxyl groups excluding tert-OH is 1. The molecule has 1 saturated heterocycles. The summed E-state index contributed by atoms with van der Waals surface area (Å²) in [5.74, 6) is 0.172. The first-order chi connectivity index (χ1) is 9.47. The van der Waals surface area contributed by atoms with Crippen LogP contribution in [0.5, 0.6) is 5.88 Å². The molecular weight excluding hydrogens is 280 g/mol. The van der Waals surface area contributed by atoms with Crippen molar-refractivity contribution < 1.29 is 14.6 Å². The van der Waals surface area contributed by atoms with E-state index in [1.165, 1.54) is 6.20 Å². The first kappa shape index (κ1) is 15.1. The van der Waals surface area contributed by atoms with Crippen molar-refractivity contribution in [3.05, 3.63) is 22.8 Å². The highest BCUT2D eigenvalue weighted by Crippen LogP contribution is 2.24. The van der Waals surface area contributed by atoms with Crippen LogP contribution in [0.2, 0.25) is 5.02 Å². The normalized spacial score (nSPS) is 19.2. The van der Waals surface area contributed by atoms with Gasteiger partial charge in [0.05, 0.1) is 17.8 Å².